The van der Waals surface area contributed by atoms with E-state index in [9.17, 15) is 0 Å². The highest BCUT2D eigenvalue weighted by molar-refractivity contribution is 8.34. The zero-order valence-electron chi connectivity index (χ0n) is 23.6. The number of hydrogen-bond donors (Lipinski definition) is 0. The van der Waals surface area contributed by atoms with E-state index < -0.39 is 10.0 Å². The lowest BCUT2D eigenvalue weighted by atomic mass is 9.94. The molecule has 0 fully saturated rings. The van der Waals surface area contributed by atoms with Gasteiger partial charge in [-0.15, -0.1) is 10.0 Å². The molecule has 0 aliphatic carbocycles. The maximum Gasteiger partial charge on any atom is 0.0708 e. The van der Waals surface area contributed by atoms with Gasteiger partial charge in [-0.1, -0.05) is 115 Å². The Kier molecular flexibility index (Phi) is 6.28. The molecule has 0 amide bonds. The fourth-order valence-corrected chi connectivity index (χ4v) is 10.4. The number of nitrogens with zero attached hydrogens (tertiary/aromatic N) is 1. The van der Waals surface area contributed by atoms with Crippen molar-refractivity contribution < 1.29 is 0 Å². The summed E-state index contributed by atoms with van der Waals surface area (Å²) in [6.45, 7) is 0. The van der Waals surface area contributed by atoms with Crippen LogP contribution in [-0.4, -0.2) is 4.98 Å². The predicted octanol–water partition coefficient (Wildman–Crippen LogP) is 11.5. The summed E-state index contributed by atoms with van der Waals surface area (Å²) in [7, 11) is -1.71. The second kappa shape index (κ2) is 10.6. The van der Waals surface area contributed by atoms with E-state index >= 15 is 0 Å². The van der Waals surface area contributed by atoms with Gasteiger partial charge in [0.15, 0.2) is 0 Å². The monoisotopic (exact) mass is 567 g/mol. The highest BCUT2D eigenvalue weighted by Crippen LogP contribution is 2.73. The van der Waals surface area contributed by atoms with E-state index in [1.807, 2.05) is 6.20 Å². The van der Waals surface area contributed by atoms with Gasteiger partial charge in [0.2, 0.25) is 0 Å². The maximum atomic E-state index is 4.71. The van der Waals surface area contributed by atoms with E-state index in [0.717, 1.165) is 5.52 Å². The molecule has 1 aromatic heterocycles. The Labute approximate surface area is 253 Å². The summed E-state index contributed by atoms with van der Waals surface area (Å²) in [5.74, 6) is 0. The summed E-state index contributed by atoms with van der Waals surface area (Å²) in [5.41, 5.74) is 3.49. The highest BCUT2D eigenvalue weighted by atomic mass is 32.3. The van der Waals surface area contributed by atoms with Crippen LogP contribution in [0.25, 0.3) is 43.6 Å². The van der Waals surface area contributed by atoms with Crippen LogP contribution in [0, 0.1) is 0 Å². The highest BCUT2D eigenvalue weighted by Gasteiger charge is 2.33. The smallest absolute Gasteiger partial charge is 0.0708 e. The summed E-state index contributed by atoms with van der Waals surface area (Å²) in [4.78, 5) is 10.0. The van der Waals surface area contributed by atoms with Crippen LogP contribution in [0.5, 0.6) is 0 Å². The van der Waals surface area contributed by atoms with Crippen molar-refractivity contribution in [3.8, 4) is 11.1 Å². The van der Waals surface area contributed by atoms with E-state index in [-0.39, 0.29) is 0 Å². The van der Waals surface area contributed by atoms with Crippen molar-refractivity contribution in [3.05, 3.63) is 176 Å². The number of aromatic nitrogens is 1. The first-order valence-electron chi connectivity index (χ1n) is 14.6. The number of benzene rings is 7. The molecular weight excluding hydrogens is 539 g/mol. The molecule has 0 aliphatic heterocycles. The van der Waals surface area contributed by atoms with Crippen LogP contribution in [0.15, 0.2) is 196 Å². The third-order valence-electron chi connectivity index (χ3n) is 8.42. The molecule has 0 spiro atoms. The minimum absolute atomic E-state index is 1.03. The maximum absolute atomic E-state index is 4.71. The van der Waals surface area contributed by atoms with Crippen molar-refractivity contribution in [2.75, 3.05) is 0 Å². The van der Waals surface area contributed by atoms with Gasteiger partial charge in [0, 0.05) is 41.9 Å². The van der Waals surface area contributed by atoms with Crippen LogP contribution in [0.4, 0.5) is 0 Å². The number of hydrogen-bond acceptors (Lipinski definition) is 1. The molecule has 0 N–H and O–H groups in total. The molecule has 1 heterocycles. The Morgan fingerprint density at radius 1 is 0.372 bits per heavy atom. The fraction of sp³-hybridized carbons (Fsp3) is 0. The number of rotatable bonds is 5. The normalized spacial score (nSPS) is 12.1. The fourth-order valence-electron chi connectivity index (χ4n) is 6.50. The Bertz CT molecular complexity index is 2110. The van der Waals surface area contributed by atoms with Crippen LogP contribution in [0.1, 0.15) is 0 Å². The van der Waals surface area contributed by atoms with Crippen molar-refractivity contribution in [1.82, 2.24) is 4.98 Å². The molecule has 0 atom stereocenters. The summed E-state index contributed by atoms with van der Waals surface area (Å²) in [5, 5.41) is 6.14. The van der Waals surface area contributed by atoms with Crippen LogP contribution < -0.4 is 0 Å². The first kappa shape index (κ1) is 25.5. The molecule has 0 aliphatic rings. The zero-order valence-corrected chi connectivity index (χ0v) is 24.4. The molecule has 43 heavy (non-hydrogen) atoms. The molecule has 0 radical (unpaired) electrons. The number of para-hydroxylation sites is 1. The molecule has 7 aromatic carbocycles. The molecule has 0 bridgehead atoms. The molecular formula is C41H29NS. The average Bonchev–Trinajstić information content (AvgIpc) is 3.10. The number of fused-ring (bicyclic) bond motifs is 5. The topological polar surface area (TPSA) is 12.9 Å². The van der Waals surface area contributed by atoms with Crippen molar-refractivity contribution >= 4 is 42.5 Å². The van der Waals surface area contributed by atoms with Gasteiger partial charge >= 0.3 is 0 Å². The van der Waals surface area contributed by atoms with Gasteiger partial charge in [-0.2, -0.15) is 0 Å². The van der Waals surface area contributed by atoms with Crippen molar-refractivity contribution in [2.45, 2.75) is 19.6 Å². The van der Waals surface area contributed by atoms with Crippen molar-refractivity contribution in [1.29, 1.82) is 0 Å². The van der Waals surface area contributed by atoms with Crippen molar-refractivity contribution in [3.63, 3.8) is 0 Å². The second-order valence-electron chi connectivity index (χ2n) is 10.8. The Morgan fingerprint density at radius 3 is 1.53 bits per heavy atom. The molecule has 204 valence electrons. The van der Waals surface area contributed by atoms with E-state index in [1.54, 1.807) is 0 Å². The van der Waals surface area contributed by atoms with Gasteiger partial charge in [0.25, 0.3) is 0 Å². The molecule has 0 unspecified atom stereocenters. The lowest BCUT2D eigenvalue weighted by Gasteiger charge is -2.42. The summed E-state index contributed by atoms with van der Waals surface area (Å²) in [6, 6.07) is 62.0. The van der Waals surface area contributed by atoms with E-state index in [2.05, 4.69) is 170 Å². The van der Waals surface area contributed by atoms with Crippen LogP contribution in [0.3, 0.4) is 0 Å². The Balaban J connectivity index is 1.35. The van der Waals surface area contributed by atoms with Crippen LogP contribution >= 0.6 is 10.0 Å². The number of pyridine rings is 1. The summed E-state index contributed by atoms with van der Waals surface area (Å²) in [6.07, 6.45) is 2.00. The van der Waals surface area contributed by atoms with Gasteiger partial charge < -0.3 is 0 Å². The Hall–Kier alpha value is -5.18. The SMILES string of the molecule is c1ccc(S(c2ccccc2)(c2ccccc2)c2ccc(-c3cccc4c3ccc3cnc5ccccc5c34)cc2)cc1. The first-order chi connectivity index (χ1) is 21.3. The summed E-state index contributed by atoms with van der Waals surface area (Å²) >= 11 is 0. The lowest BCUT2D eigenvalue weighted by Crippen LogP contribution is -2.05. The van der Waals surface area contributed by atoms with Crippen LogP contribution in [-0.2, 0) is 0 Å². The van der Waals surface area contributed by atoms with Gasteiger partial charge in [-0.05, 0) is 76.5 Å². The van der Waals surface area contributed by atoms with Crippen molar-refractivity contribution in [2.24, 2.45) is 0 Å². The standard InChI is InChI=1S/C41H29NS/c1-4-13-32(14-5-1)43(33-15-6-2-7-16-33,34-17-8-3-9-18-34)35-26-23-30(24-27-35)36-20-12-21-38-37(36)28-25-31-29-42-40-22-11-10-19-39(40)41(31)38/h1-29H. The average molecular weight is 568 g/mol. The molecule has 2 heteroatoms. The van der Waals surface area contributed by atoms with Gasteiger partial charge in [0.1, 0.15) is 0 Å². The Morgan fingerprint density at radius 2 is 0.907 bits per heavy atom. The second-order valence-corrected chi connectivity index (χ2v) is 13.9. The van der Waals surface area contributed by atoms with Gasteiger partial charge in [-0.3, -0.25) is 4.98 Å². The van der Waals surface area contributed by atoms with E-state index in [0.29, 0.717) is 0 Å². The lowest BCUT2D eigenvalue weighted by molar-refractivity contribution is 1.24. The van der Waals surface area contributed by atoms with Gasteiger partial charge in [-0.25, -0.2) is 0 Å². The quantitative estimate of drug-likeness (QED) is 0.189. The summed E-state index contributed by atoms with van der Waals surface area (Å²) < 4.78 is 0. The largest absolute Gasteiger partial charge is 0.256 e. The molecule has 0 saturated carbocycles. The van der Waals surface area contributed by atoms with E-state index in [4.69, 9.17) is 4.98 Å². The molecule has 8 rings (SSSR count). The molecule has 1 nitrogen and oxygen atoms in total. The van der Waals surface area contributed by atoms with Gasteiger partial charge in [0.05, 0.1) is 5.52 Å². The predicted molar refractivity (Wildman–Crippen MR) is 182 cm³/mol. The third-order valence-corrected chi connectivity index (χ3v) is 12.3. The van der Waals surface area contributed by atoms with E-state index in [1.165, 1.54) is 57.6 Å². The zero-order chi connectivity index (χ0) is 28.6. The van der Waals surface area contributed by atoms with Crippen LogP contribution in [0.2, 0.25) is 0 Å². The molecule has 8 aromatic rings. The first-order valence-corrected chi connectivity index (χ1v) is 16.3. The molecule has 0 saturated heterocycles. The minimum atomic E-state index is -1.71. The third kappa shape index (κ3) is 4.14. The minimum Gasteiger partial charge on any atom is -0.256 e.